The van der Waals surface area contributed by atoms with Gasteiger partial charge in [0.15, 0.2) is 0 Å². The number of primary amides is 1. The summed E-state index contributed by atoms with van der Waals surface area (Å²) >= 11 is 5.69. The largest absolute Gasteiger partial charge is 0.381 e. The predicted molar refractivity (Wildman–Crippen MR) is 79.5 cm³/mol. The van der Waals surface area contributed by atoms with Crippen molar-refractivity contribution in [3.8, 4) is 0 Å². The summed E-state index contributed by atoms with van der Waals surface area (Å²) in [5, 5.41) is 2.82. The van der Waals surface area contributed by atoms with E-state index >= 15 is 0 Å². The molecule has 0 aromatic heterocycles. The zero-order valence-corrected chi connectivity index (χ0v) is 12.7. The van der Waals surface area contributed by atoms with Gasteiger partial charge in [-0.3, -0.25) is 9.69 Å². The van der Waals surface area contributed by atoms with Crippen LogP contribution < -0.4 is 11.1 Å². The van der Waals surface area contributed by atoms with Crippen LogP contribution in [-0.4, -0.2) is 42.5 Å². The molecule has 1 aliphatic carbocycles. The number of carbonyl (C=O) groups is 2. The van der Waals surface area contributed by atoms with E-state index in [1.54, 1.807) is 13.3 Å². The number of halogens is 1. The van der Waals surface area contributed by atoms with Gasteiger partial charge in [-0.1, -0.05) is 0 Å². The van der Waals surface area contributed by atoms with Gasteiger partial charge >= 0.3 is 6.03 Å². The summed E-state index contributed by atoms with van der Waals surface area (Å²) in [5.41, 5.74) is 6.98. The van der Waals surface area contributed by atoms with Gasteiger partial charge in [0.2, 0.25) is 5.91 Å². The Morgan fingerprint density at radius 2 is 2.33 bits per heavy atom. The Hall–Kier alpha value is -1.53. The summed E-state index contributed by atoms with van der Waals surface area (Å²) in [7, 11) is 1.65. The molecule has 2 unspecified atom stereocenters. The van der Waals surface area contributed by atoms with Gasteiger partial charge in [0.1, 0.15) is 0 Å². The number of nitrogens with two attached hydrogens (primary N) is 1. The molecular weight excluding hydrogens is 294 g/mol. The summed E-state index contributed by atoms with van der Waals surface area (Å²) in [5.74, 6) is -0.592. The van der Waals surface area contributed by atoms with Crippen LogP contribution >= 0.6 is 11.6 Å². The van der Waals surface area contributed by atoms with Crippen molar-refractivity contribution in [1.82, 2.24) is 10.2 Å². The minimum absolute atomic E-state index is 0.0143. The fraction of sp³-hybridized carbons (Fsp3) is 0.571. The van der Waals surface area contributed by atoms with E-state index in [-0.39, 0.29) is 12.1 Å². The lowest BCUT2D eigenvalue weighted by atomic mass is 9.97. The third-order valence-electron chi connectivity index (χ3n) is 3.88. The highest BCUT2D eigenvalue weighted by atomic mass is 35.5. The molecule has 1 aliphatic heterocycles. The SMILES string of the molecule is COC1CCC(C(N)=O)C2=C(C=CN(CCCl)C(=O)N2)C1. The summed E-state index contributed by atoms with van der Waals surface area (Å²) < 4.78 is 5.42. The number of nitrogens with zero attached hydrogens (tertiary/aromatic N) is 1. The van der Waals surface area contributed by atoms with E-state index < -0.39 is 11.8 Å². The number of urea groups is 1. The Kier molecular flexibility index (Phi) is 5.25. The van der Waals surface area contributed by atoms with Crippen molar-refractivity contribution in [2.24, 2.45) is 11.7 Å². The van der Waals surface area contributed by atoms with Gasteiger partial charge in [0, 0.05) is 37.9 Å². The maximum Gasteiger partial charge on any atom is 0.325 e. The molecule has 21 heavy (non-hydrogen) atoms. The van der Waals surface area contributed by atoms with Crippen LogP contribution in [0.2, 0.25) is 0 Å². The fourth-order valence-electron chi connectivity index (χ4n) is 2.69. The number of alkyl halides is 1. The number of rotatable bonds is 4. The van der Waals surface area contributed by atoms with Gasteiger partial charge in [-0.05, 0) is 24.5 Å². The lowest BCUT2D eigenvalue weighted by Crippen LogP contribution is -2.40. The molecule has 116 valence electrons. The molecule has 7 heteroatoms. The monoisotopic (exact) mass is 313 g/mol. The second kappa shape index (κ2) is 6.95. The number of hydrogen-bond donors (Lipinski definition) is 2. The second-order valence-electron chi connectivity index (χ2n) is 5.16. The fourth-order valence-corrected chi connectivity index (χ4v) is 2.87. The number of amides is 3. The quantitative estimate of drug-likeness (QED) is 0.768. The van der Waals surface area contributed by atoms with Gasteiger partial charge in [-0.25, -0.2) is 4.79 Å². The summed E-state index contributed by atoms with van der Waals surface area (Å²) in [6.07, 6.45) is 5.48. The molecule has 0 radical (unpaired) electrons. The number of allylic oxidation sites excluding steroid dienone is 1. The molecule has 3 N–H and O–H groups in total. The smallest absolute Gasteiger partial charge is 0.325 e. The standard InChI is InChI=1S/C14H20ClN3O3/c1-21-10-2-3-11(13(16)19)12-9(8-10)4-6-18(7-5-15)14(20)17-12/h4,6,10-11H,2-3,5,7-8H2,1H3,(H2,16,19)(H,17,20). The molecule has 0 saturated heterocycles. The number of hydrogen-bond acceptors (Lipinski definition) is 3. The molecule has 6 nitrogen and oxygen atoms in total. The molecule has 2 aliphatic rings. The average Bonchev–Trinajstić information content (AvgIpc) is 2.70. The normalized spacial score (nSPS) is 26.0. The number of ether oxygens (including phenoxy) is 1. The highest BCUT2D eigenvalue weighted by Crippen LogP contribution is 2.31. The van der Waals surface area contributed by atoms with Crippen molar-refractivity contribution in [1.29, 1.82) is 0 Å². The molecule has 0 bridgehead atoms. The van der Waals surface area contributed by atoms with E-state index in [0.717, 1.165) is 12.0 Å². The first-order valence-electron chi connectivity index (χ1n) is 6.93. The molecule has 0 saturated carbocycles. The summed E-state index contributed by atoms with van der Waals surface area (Å²) in [6, 6.07) is -0.293. The third-order valence-corrected chi connectivity index (χ3v) is 4.05. The molecule has 0 aromatic rings. The van der Waals surface area contributed by atoms with E-state index in [1.807, 2.05) is 6.08 Å². The lowest BCUT2D eigenvalue weighted by molar-refractivity contribution is -0.121. The molecular formula is C14H20ClN3O3. The predicted octanol–water partition coefficient (Wildman–Crippen LogP) is 1.32. The minimum atomic E-state index is -0.496. The molecule has 0 spiro atoms. The number of methoxy groups -OCH3 is 1. The Bertz CT molecular complexity index is 490. The first-order valence-corrected chi connectivity index (χ1v) is 7.47. The van der Waals surface area contributed by atoms with Crippen LogP contribution in [0.4, 0.5) is 4.79 Å². The Balaban J connectivity index is 2.33. The molecule has 0 fully saturated rings. The van der Waals surface area contributed by atoms with Crippen molar-refractivity contribution in [2.75, 3.05) is 19.5 Å². The van der Waals surface area contributed by atoms with Crippen molar-refractivity contribution in [3.63, 3.8) is 0 Å². The Morgan fingerprint density at radius 1 is 1.57 bits per heavy atom. The Morgan fingerprint density at radius 3 is 2.95 bits per heavy atom. The van der Waals surface area contributed by atoms with E-state index in [9.17, 15) is 9.59 Å². The van der Waals surface area contributed by atoms with E-state index in [2.05, 4.69) is 5.32 Å². The van der Waals surface area contributed by atoms with E-state index in [4.69, 9.17) is 22.1 Å². The second-order valence-corrected chi connectivity index (χ2v) is 5.54. The summed E-state index contributed by atoms with van der Waals surface area (Å²) in [6.45, 7) is 0.402. The Labute approximate surface area is 128 Å². The van der Waals surface area contributed by atoms with E-state index in [1.165, 1.54) is 4.90 Å². The van der Waals surface area contributed by atoms with Crippen LogP contribution in [0.5, 0.6) is 0 Å². The van der Waals surface area contributed by atoms with Crippen LogP contribution in [0.25, 0.3) is 0 Å². The third kappa shape index (κ3) is 3.57. The number of carbonyl (C=O) groups excluding carboxylic acids is 2. The lowest BCUT2D eigenvalue weighted by Gasteiger charge is -2.20. The van der Waals surface area contributed by atoms with Gasteiger partial charge in [-0.15, -0.1) is 11.6 Å². The first-order chi connectivity index (χ1) is 10.1. The highest BCUT2D eigenvalue weighted by Gasteiger charge is 2.31. The topological polar surface area (TPSA) is 84.7 Å². The van der Waals surface area contributed by atoms with Crippen LogP contribution in [0.3, 0.4) is 0 Å². The van der Waals surface area contributed by atoms with Crippen molar-refractivity contribution >= 4 is 23.5 Å². The van der Waals surface area contributed by atoms with Gasteiger partial charge in [0.05, 0.1) is 12.0 Å². The molecule has 2 rings (SSSR count). The van der Waals surface area contributed by atoms with Crippen LogP contribution in [-0.2, 0) is 9.53 Å². The van der Waals surface area contributed by atoms with Crippen LogP contribution in [0.15, 0.2) is 23.5 Å². The molecule has 1 heterocycles. The van der Waals surface area contributed by atoms with E-state index in [0.29, 0.717) is 31.0 Å². The van der Waals surface area contributed by atoms with Crippen molar-refractivity contribution in [2.45, 2.75) is 25.4 Å². The molecule has 2 atom stereocenters. The molecule has 0 aromatic carbocycles. The maximum atomic E-state index is 12.2. The highest BCUT2D eigenvalue weighted by molar-refractivity contribution is 6.18. The van der Waals surface area contributed by atoms with Crippen LogP contribution in [0.1, 0.15) is 19.3 Å². The van der Waals surface area contributed by atoms with Crippen molar-refractivity contribution in [3.05, 3.63) is 23.5 Å². The zero-order valence-electron chi connectivity index (χ0n) is 12.0. The molecule has 3 amide bonds. The average molecular weight is 314 g/mol. The van der Waals surface area contributed by atoms with Gasteiger partial charge in [0.25, 0.3) is 0 Å². The zero-order chi connectivity index (χ0) is 15.4. The van der Waals surface area contributed by atoms with Crippen LogP contribution in [0, 0.1) is 5.92 Å². The summed E-state index contributed by atoms with van der Waals surface area (Å²) in [4.78, 5) is 25.4. The number of nitrogens with one attached hydrogen (secondary N) is 1. The van der Waals surface area contributed by atoms with Gasteiger partial charge in [-0.2, -0.15) is 0 Å². The van der Waals surface area contributed by atoms with Gasteiger partial charge < -0.3 is 15.8 Å². The first kappa shape index (κ1) is 15.9. The van der Waals surface area contributed by atoms with Crippen molar-refractivity contribution < 1.29 is 14.3 Å². The minimum Gasteiger partial charge on any atom is -0.381 e. The maximum absolute atomic E-state index is 12.2.